The minimum Gasteiger partial charge on any atom is -0.322 e. The number of carbonyl (C=O) groups is 3. The molecule has 2 aliphatic heterocycles. The van der Waals surface area contributed by atoms with Crippen LogP contribution in [0.2, 0.25) is 0 Å². The third kappa shape index (κ3) is 2.99. The molecule has 7 heteroatoms. The topological polar surface area (TPSA) is 66.5 Å². The van der Waals surface area contributed by atoms with Gasteiger partial charge in [-0.05, 0) is 42.3 Å². The van der Waals surface area contributed by atoms with E-state index in [4.69, 9.17) is 0 Å². The van der Waals surface area contributed by atoms with Crippen LogP contribution in [0.4, 0.5) is 4.39 Å². The number of fused-ring (bicyclic) bond motifs is 1. The molecule has 1 saturated heterocycles. The van der Waals surface area contributed by atoms with E-state index < -0.39 is 11.9 Å². The number of imide groups is 1. The Bertz CT molecular complexity index is 931. The molecule has 0 saturated carbocycles. The van der Waals surface area contributed by atoms with Crippen molar-refractivity contribution in [3.63, 3.8) is 0 Å². The Balaban J connectivity index is 1.62. The molecule has 1 unspecified atom stereocenters. The van der Waals surface area contributed by atoms with Crippen molar-refractivity contribution in [2.45, 2.75) is 35.2 Å². The van der Waals surface area contributed by atoms with E-state index in [0.717, 1.165) is 15.4 Å². The number of nitrogens with one attached hydrogen (secondary N) is 1. The molecule has 0 bridgehead atoms. The molecule has 2 aromatic rings. The number of nitrogens with zero attached hydrogens (tertiary/aromatic N) is 1. The molecule has 2 heterocycles. The summed E-state index contributed by atoms with van der Waals surface area (Å²) in [6.45, 7) is 0.304. The lowest BCUT2D eigenvalue weighted by molar-refractivity contribution is -0.136. The van der Waals surface area contributed by atoms with E-state index in [0.29, 0.717) is 18.5 Å². The molecule has 2 aromatic carbocycles. The van der Waals surface area contributed by atoms with Gasteiger partial charge in [0.15, 0.2) is 0 Å². The number of piperidine rings is 1. The van der Waals surface area contributed by atoms with Gasteiger partial charge in [0.25, 0.3) is 5.91 Å². The molecule has 1 atom stereocenters. The zero-order chi connectivity index (χ0) is 18.3. The molecule has 3 amide bonds. The van der Waals surface area contributed by atoms with Crippen LogP contribution in [-0.4, -0.2) is 28.7 Å². The van der Waals surface area contributed by atoms with Gasteiger partial charge in [0, 0.05) is 28.3 Å². The molecule has 4 rings (SSSR count). The maximum absolute atomic E-state index is 13.4. The van der Waals surface area contributed by atoms with E-state index in [1.807, 2.05) is 12.1 Å². The molecule has 5 nitrogen and oxygen atoms in total. The maximum Gasteiger partial charge on any atom is 0.255 e. The van der Waals surface area contributed by atoms with Gasteiger partial charge in [-0.1, -0.05) is 23.9 Å². The van der Waals surface area contributed by atoms with Crippen LogP contribution in [0.3, 0.4) is 0 Å². The van der Waals surface area contributed by atoms with E-state index in [1.54, 1.807) is 18.2 Å². The first-order valence-corrected chi connectivity index (χ1v) is 9.04. The maximum atomic E-state index is 13.4. The van der Waals surface area contributed by atoms with Crippen LogP contribution in [0.15, 0.2) is 52.3 Å². The van der Waals surface area contributed by atoms with Crippen LogP contribution in [0.25, 0.3) is 0 Å². The summed E-state index contributed by atoms with van der Waals surface area (Å²) in [5.41, 5.74) is 1.38. The van der Waals surface area contributed by atoms with Crippen molar-refractivity contribution < 1.29 is 18.8 Å². The highest BCUT2D eigenvalue weighted by Crippen LogP contribution is 2.37. The average molecular weight is 370 g/mol. The second kappa shape index (κ2) is 6.57. The fraction of sp³-hybridized carbons (Fsp3) is 0.211. The van der Waals surface area contributed by atoms with Gasteiger partial charge in [-0.15, -0.1) is 0 Å². The first kappa shape index (κ1) is 16.8. The summed E-state index contributed by atoms with van der Waals surface area (Å²) in [5.74, 6) is -1.26. The summed E-state index contributed by atoms with van der Waals surface area (Å²) in [6, 6.07) is 11.0. The van der Waals surface area contributed by atoms with E-state index >= 15 is 0 Å². The number of rotatable bonds is 3. The monoisotopic (exact) mass is 370 g/mol. The van der Waals surface area contributed by atoms with E-state index in [9.17, 15) is 18.8 Å². The zero-order valence-corrected chi connectivity index (χ0v) is 14.5. The van der Waals surface area contributed by atoms with E-state index in [-0.39, 0.29) is 24.1 Å². The number of hydrogen-bond donors (Lipinski definition) is 1. The molecule has 1 fully saturated rings. The molecular formula is C19H15FN2O3S. The highest BCUT2D eigenvalue weighted by molar-refractivity contribution is 7.99. The van der Waals surface area contributed by atoms with Crippen LogP contribution < -0.4 is 5.32 Å². The second-order valence-electron chi connectivity index (χ2n) is 6.24. The van der Waals surface area contributed by atoms with Crippen LogP contribution >= 0.6 is 11.8 Å². The van der Waals surface area contributed by atoms with Gasteiger partial charge in [-0.2, -0.15) is 0 Å². The molecule has 2 aliphatic rings. The van der Waals surface area contributed by atoms with Crippen molar-refractivity contribution in [2.75, 3.05) is 0 Å². The van der Waals surface area contributed by atoms with Crippen LogP contribution in [-0.2, 0) is 16.1 Å². The normalized spacial score (nSPS) is 19.5. The summed E-state index contributed by atoms with van der Waals surface area (Å²) in [6.07, 6.45) is 0.554. The molecule has 26 heavy (non-hydrogen) atoms. The third-order valence-corrected chi connectivity index (χ3v) is 5.66. The Labute approximate surface area is 153 Å². The highest BCUT2D eigenvalue weighted by Gasteiger charge is 2.39. The van der Waals surface area contributed by atoms with Crippen molar-refractivity contribution >= 4 is 29.5 Å². The molecule has 0 aromatic heterocycles. The van der Waals surface area contributed by atoms with Crippen LogP contribution in [0, 0.1) is 5.82 Å². The molecular weight excluding hydrogens is 355 g/mol. The highest BCUT2D eigenvalue weighted by atomic mass is 32.2. The molecule has 0 spiro atoms. The summed E-state index contributed by atoms with van der Waals surface area (Å²) >= 11 is 1.39. The van der Waals surface area contributed by atoms with Gasteiger partial charge in [0.1, 0.15) is 11.9 Å². The van der Waals surface area contributed by atoms with Gasteiger partial charge in [-0.3, -0.25) is 19.7 Å². The first-order valence-electron chi connectivity index (χ1n) is 8.23. The Morgan fingerprint density at radius 3 is 2.69 bits per heavy atom. The quantitative estimate of drug-likeness (QED) is 0.844. The van der Waals surface area contributed by atoms with Crippen LogP contribution in [0.5, 0.6) is 0 Å². The van der Waals surface area contributed by atoms with Gasteiger partial charge < -0.3 is 4.90 Å². The lowest BCUT2D eigenvalue weighted by Gasteiger charge is -2.29. The van der Waals surface area contributed by atoms with Crippen molar-refractivity contribution in [1.82, 2.24) is 10.2 Å². The number of benzene rings is 2. The SMILES string of the molecule is O=C1CCC(N2Cc3c(Sc4cccc(F)c4)cccc3C2=O)C(=O)N1. The summed E-state index contributed by atoms with van der Waals surface area (Å²) in [4.78, 5) is 39.4. The summed E-state index contributed by atoms with van der Waals surface area (Å²) in [7, 11) is 0. The number of amides is 3. The van der Waals surface area contributed by atoms with E-state index in [1.165, 1.54) is 28.8 Å². The van der Waals surface area contributed by atoms with Gasteiger partial charge in [0.05, 0.1) is 0 Å². The predicted molar refractivity (Wildman–Crippen MR) is 93.0 cm³/mol. The Kier molecular flexibility index (Phi) is 4.24. The second-order valence-corrected chi connectivity index (χ2v) is 7.36. The van der Waals surface area contributed by atoms with Crippen molar-refractivity contribution in [1.29, 1.82) is 0 Å². The van der Waals surface area contributed by atoms with Gasteiger partial charge >= 0.3 is 0 Å². The Morgan fingerprint density at radius 1 is 1.12 bits per heavy atom. The Morgan fingerprint density at radius 2 is 1.92 bits per heavy atom. The average Bonchev–Trinajstić information content (AvgIpc) is 2.93. The lowest BCUT2D eigenvalue weighted by atomic mass is 10.0. The molecule has 132 valence electrons. The van der Waals surface area contributed by atoms with E-state index in [2.05, 4.69) is 5.32 Å². The van der Waals surface area contributed by atoms with Crippen molar-refractivity contribution in [2.24, 2.45) is 0 Å². The van der Waals surface area contributed by atoms with Gasteiger partial charge in [0.2, 0.25) is 11.8 Å². The standard InChI is InChI=1S/C19H15FN2O3S/c20-11-3-1-4-12(9-11)26-16-6-2-5-13-14(16)10-22(19(13)25)15-7-8-17(23)21-18(15)24/h1-6,9,15H,7-8,10H2,(H,21,23,24). The number of hydrogen-bond acceptors (Lipinski definition) is 4. The minimum absolute atomic E-state index is 0.212. The smallest absolute Gasteiger partial charge is 0.255 e. The summed E-state index contributed by atoms with van der Waals surface area (Å²) < 4.78 is 13.4. The van der Waals surface area contributed by atoms with Gasteiger partial charge in [-0.25, -0.2) is 4.39 Å². The van der Waals surface area contributed by atoms with Crippen molar-refractivity contribution in [3.8, 4) is 0 Å². The first-order chi connectivity index (χ1) is 12.5. The number of halogens is 1. The zero-order valence-electron chi connectivity index (χ0n) is 13.7. The van der Waals surface area contributed by atoms with Crippen molar-refractivity contribution in [3.05, 3.63) is 59.4 Å². The van der Waals surface area contributed by atoms with Crippen LogP contribution in [0.1, 0.15) is 28.8 Å². The fourth-order valence-electron chi connectivity index (χ4n) is 3.31. The number of carbonyl (C=O) groups excluding carboxylic acids is 3. The minimum atomic E-state index is -0.639. The fourth-order valence-corrected chi connectivity index (χ4v) is 4.33. The molecule has 0 aliphatic carbocycles. The Hall–Kier alpha value is -2.67. The summed E-state index contributed by atoms with van der Waals surface area (Å²) in [5, 5.41) is 2.30. The molecule has 1 N–H and O–H groups in total. The lowest BCUT2D eigenvalue weighted by Crippen LogP contribution is -2.52. The predicted octanol–water partition coefficient (Wildman–Crippen LogP) is 2.74. The third-order valence-electron chi connectivity index (χ3n) is 4.56. The molecule has 0 radical (unpaired) electrons. The largest absolute Gasteiger partial charge is 0.322 e.